The molecule has 2 saturated heterocycles. The van der Waals surface area contributed by atoms with E-state index in [-0.39, 0.29) is 24.8 Å². The van der Waals surface area contributed by atoms with Crippen molar-refractivity contribution in [1.29, 1.82) is 0 Å². The van der Waals surface area contributed by atoms with Gasteiger partial charge in [-0.25, -0.2) is 0 Å². The maximum atomic E-state index is 10.8. The molecule has 0 aliphatic carbocycles. The first-order valence-corrected chi connectivity index (χ1v) is 3.07. The standard InChI is InChI=1S/C6H6O4/c7-3-1-9-6-4(8)2-10-5(3)6/h5-6H,1-2H2/t5-,6-/m1/s1. The average molecular weight is 142 g/mol. The van der Waals surface area contributed by atoms with Crippen LogP contribution in [0.5, 0.6) is 0 Å². The molecule has 54 valence electrons. The van der Waals surface area contributed by atoms with Gasteiger partial charge in [0.15, 0.2) is 23.8 Å². The van der Waals surface area contributed by atoms with E-state index in [4.69, 9.17) is 9.47 Å². The number of Topliss-reactive ketones (excluding diaryl/α,β-unsaturated/α-hetero) is 2. The molecule has 0 spiro atoms. The Morgan fingerprint density at radius 1 is 1.00 bits per heavy atom. The molecule has 2 atom stereocenters. The lowest BCUT2D eigenvalue weighted by Gasteiger charge is -1.99. The zero-order chi connectivity index (χ0) is 7.14. The van der Waals surface area contributed by atoms with Crippen molar-refractivity contribution in [2.24, 2.45) is 0 Å². The zero-order valence-electron chi connectivity index (χ0n) is 5.20. The van der Waals surface area contributed by atoms with E-state index in [1.54, 1.807) is 0 Å². The molecule has 2 aliphatic rings. The van der Waals surface area contributed by atoms with Crippen molar-refractivity contribution in [3.05, 3.63) is 0 Å². The van der Waals surface area contributed by atoms with E-state index in [9.17, 15) is 9.59 Å². The summed E-state index contributed by atoms with van der Waals surface area (Å²) in [5.74, 6) is -0.230. The highest BCUT2D eigenvalue weighted by Crippen LogP contribution is 2.20. The minimum Gasteiger partial charge on any atom is -0.359 e. The van der Waals surface area contributed by atoms with Gasteiger partial charge in [0.2, 0.25) is 0 Å². The van der Waals surface area contributed by atoms with Crippen LogP contribution in [0.4, 0.5) is 0 Å². The van der Waals surface area contributed by atoms with Crippen LogP contribution in [0, 0.1) is 0 Å². The Labute approximate surface area is 57.1 Å². The molecular formula is C6H6O4. The molecule has 4 nitrogen and oxygen atoms in total. The van der Waals surface area contributed by atoms with Gasteiger partial charge in [0.25, 0.3) is 0 Å². The second-order valence-corrected chi connectivity index (χ2v) is 2.40. The smallest absolute Gasteiger partial charge is 0.190 e. The minimum absolute atomic E-state index is 0.0288. The molecule has 0 N–H and O–H groups in total. The third kappa shape index (κ3) is 0.629. The van der Waals surface area contributed by atoms with Crippen molar-refractivity contribution in [3.63, 3.8) is 0 Å². The maximum Gasteiger partial charge on any atom is 0.190 e. The molecule has 4 heteroatoms. The summed E-state index contributed by atoms with van der Waals surface area (Å²) in [4.78, 5) is 21.6. The summed E-state index contributed by atoms with van der Waals surface area (Å²) in [6, 6.07) is 0. The van der Waals surface area contributed by atoms with E-state index in [1.807, 2.05) is 0 Å². The second-order valence-electron chi connectivity index (χ2n) is 2.40. The highest BCUT2D eigenvalue weighted by Gasteiger charge is 2.46. The topological polar surface area (TPSA) is 52.6 Å². The number of fused-ring (bicyclic) bond motifs is 1. The lowest BCUT2D eigenvalue weighted by molar-refractivity contribution is -0.127. The van der Waals surface area contributed by atoms with Crippen LogP contribution >= 0.6 is 0 Å². The van der Waals surface area contributed by atoms with Gasteiger partial charge in [0, 0.05) is 0 Å². The molecule has 2 heterocycles. The van der Waals surface area contributed by atoms with E-state index in [0.29, 0.717) is 0 Å². The Hall–Kier alpha value is -0.740. The first-order valence-electron chi connectivity index (χ1n) is 3.07. The summed E-state index contributed by atoms with van der Waals surface area (Å²) in [5, 5.41) is 0. The van der Waals surface area contributed by atoms with E-state index in [2.05, 4.69) is 0 Å². The number of hydrogen-bond donors (Lipinski definition) is 0. The fraction of sp³-hybridized carbons (Fsp3) is 0.667. The Morgan fingerprint density at radius 3 is 1.80 bits per heavy atom. The lowest BCUT2D eigenvalue weighted by Crippen LogP contribution is -2.25. The highest BCUT2D eigenvalue weighted by molar-refractivity contribution is 5.99. The van der Waals surface area contributed by atoms with E-state index < -0.39 is 12.2 Å². The molecule has 10 heavy (non-hydrogen) atoms. The fourth-order valence-corrected chi connectivity index (χ4v) is 1.21. The van der Waals surface area contributed by atoms with Crippen LogP contribution in [0.2, 0.25) is 0 Å². The zero-order valence-corrected chi connectivity index (χ0v) is 5.20. The summed E-state index contributed by atoms with van der Waals surface area (Å²) in [5.41, 5.74) is 0. The number of carbonyl (C=O) groups is 2. The van der Waals surface area contributed by atoms with Crippen molar-refractivity contribution in [3.8, 4) is 0 Å². The second kappa shape index (κ2) is 1.87. The molecule has 0 aromatic heterocycles. The molecule has 0 unspecified atom stereocenters. The first kappa shape index (κ1) is 6.00. The molecule has 0 bridgehead atoms. The van der Waals surface area contributed by atoms with Crippen molar-refractivity contribution >= 4 is 11.6 Å². The number of ether oxygens (including phenoxy) is 2. The summed E-state index contributed by atoms with van der Waals surface area (Å²) >= 11 is 0. The molecular weight excluding hydrogens is 136 g/mol. The predicted octanol–water partition coefficient (Wildman–Crippen LogP) is -1.08. The first-order chi connectivity index (χ1) is 4.79. The monoisotopic (exact) mass is 142 g/mol. The van der Waals surface area contributed by atoms with Crippen LogP contribution in [-0.2, 0) is 19.1 Å². The normalized spacial score (nSPS) is 38.8. The van der Waals surface area contributed by atoms with Gasteiger partial charge in [0.1, 0.15) is 13.2 Å². The van der Waals surface area contributed by atoms with Crippen LogP contribution in [0.3, 0.4) is 0 Å². The average Bonchev–Trinajstić information content (AvgIpc) is 2.41. The van der Waals surface area contributed by atoms with Gasteiger partial charge in [-0.3, -0.25) is 9.59 Å². The summed E-state index contributed by atoms with van der Waals surface area (Å²) in [6.07, 6.45) is -1.18. The number of ketones is 2. The Balaban J connectivity index is 2.24. The SMILES string of the molecule is O=C1CO[C@@H]2C(=O)CO[C@H]12. The lowest BCUT2D eigenvalue weighted by atomic mass is 10.1. The molecule has 2 aliphatic heterocycles. The number of carbonyl (C=O) groups excluding carboxylic acids is 2. The van der Waals surface area contributed by atoms with Crippen molar-refractivity contribution in [2.45, 2.75) is 12.2 Å². The Bertz CT molecular complexity index is 176. The van der Waals surface area contributed by atoms with Gasteiger partial charge < -0.3 is 9.47 Å². The van der Waals surface area contributed by atoms with Gasteiger partial charge in [-0.1, -0.05) is 0 Å². The molecule has 0 aromatic rings. The van der Waals surface area contributed by atoms with Gasteiger partial charge in [0.05, 0.1) is 0 Å². The third-order valence-electron chi connectivity index (χ3n) is 1.72. The van der Waals surface area contributed by atoms with Crippen LogP contribution in [0.1, 0.15) is 0 Å². The molecule has 0 radical (unpaired) electrons. The number of rotatable bonds is 0. The highest BCUT2D eigenvalue weighted by atomic mass is 16.6. The van der Waals surface area contributed by atoms with Crippen LogP contribution in [0.25, 0.3) is 0 Å². The van der Waals surface area contributed by atoms with Crippen LogP contribution < -0.4 is 0 Å². The largest absolute Gasteiger partial charge is 0.359 e. The van der Waals surface area contributed by atoms with E-state index in [0.717, 1.165) is 0 Å². The Morgan fingerprint density at radius 2 is 1.40 bits per heavy atom. The van der Waals surface area contributed by atoms with Crippen molar-refractivity contribution in [1.82, 2.24) is 0 Å². The molecule has 2 fully saturated rings. The maximum absolute atomic E-state index is 10.8. The molecule has 0 saturated carbocycles. The summed E-state index contributed by atoms with van der Waals surface area (Å²) in [7, 11) is 0. The van der Waals surface area contributed by atoms with E-state index in [1.165, 1.54) is 0 Å². The molecule has 2 rings (SSSR count). The van der Waals surface area contributed by atoms with Crippen LogP contribution in [-0.4, -0.2) is 37.0 Å². The number of hydrogen-bond acceptors (Lipinski definition) is 4. The third-order valence-corrected chi connectivity index (χ3v) is 1.72. The summed E-state index contributed by atoms with van der Waals surface area (Å²) < 4.78 is 9.75. The molecule has 0 aromatic carbocycles. The Kier molecular flexibility index (Phi) is 1.12. The van der Waals surface area contributed by atoms with Gasteiger partial charge in [-0.05, 0) is 0 Å². The van der Waals surface area contributed by atoms with Gasteiger partial charge in [-0.15, -0.1) is 0 Å². The minimum atomic E-state index is -0.590. The van der Waals surface area contributed by atoms with Crippen molar-refractivity contribution in [2.75, 3.05) is 13.2 Å². The summed E-state index contributed by atoms with van der Waals surface area (Å²) in [6.45, 7) is 0.0577. The van der Waals surface area contributed by atoms with E-state index >= 15 is 0 Å². The predicted molar refractivity (Wildman–Crippen MR) is 29.5 cm³/mol. The molecule has 0 amide bonds. The quantitative estimate of drug-likeness (QED) is 0.431. The van der Waals surface area contributed by atoms with Gasteiger partial charge >= 0.3 is 0 Å². The van der Waals surface area contributed by atoms with Gasteiger partial charge in [-0.2, -0.15) is 0 Å². The van der Waals surface area contributed by atoms with Crippen molar-refractivity contribution < 1.29 is 19.1 Å². The van der Waals surface area contributed by atoms with Crippen LogP contribution in [0.15, 0.2) is 0 Å². The fourth-order valence-electron chi connectivity index (χ4n) is 1.21.